The highest BCUT2D eigenvalue weighted by atomic mass is 16.5. The maximum atomic E-state index is 11.5. The first-order chi connectivity index (χ1) is 10.1. The summed E-state index contributed by atoms with van der Waals surface area (Å²) in [6, 6.07) is 17.6. The smallest absolute Gasteiger partial charge is 0.310 e. The lowest BCUT2D eigenvalue weighted by Crippen LogP contribution is -2.11. The van der Waals surface area contributed by atoms with Gasteiger partial charge in [0.2, 0.25) is 0 Å². The van der Waals surface area contributed by atoms with Crippen molar-refractivity contribution >= 4 is 11.9 Å². The van der Waals surface area contributed by atoms with Crippen molar-refractivity contribution in [2.24, 2.45) is 0 Å². The zero-order valence-corrected chi connectivity index (χ0v) is 11.5. The van der Waals surface area contributed by atoms with Crippen LogP contribution in [0.3, 0.4) is 0 Å². The minimum Gasteiger partial charge on any atom is -0.481 e. The molecule has 0 atom stereocenters. The Morgan fingerprint density at radius 1 is 0.905 bits per heavy atom. The van der Waals surface area contributed by atoms with Crippen molar-refractivity contribution in [2.75, 3.05) is 6.61 Å². The molecule has 4 heteroatoms. The number of ether oxygens (including phenoxy) is 1. The first-order valence-corrected chi connectivity index (χ1v) is 6.67. The Hall–Kier alpha value is -2.62. The predicted octanol–water partition coefficient (Wildman–Crippen LogP) is 2.91. The van der Waals surface area contributed by atoms with Crippen LogP contribution in [-0.2, 0) is 20.7 Å². The van der Waals surface area contributed by atoms with Crippen molar-refractivity contribution in [3.05, 3.63) is 60.2 Å². The average molecular weight is 284 g/mol. The van der Waals surface area contributed by atoms with Gasteiger partial charge in [-0.25, -0.2) is 0 Å². The van der Waals surface area contributed by atoms with Crippen molar-refractivity contribution in [3.8, 4) is 11.1 Å². The number of carbonyl (C=O) groups is 2. The molecular weight excluding hydrogens is 268 g/mol. The summed E-state index contributed by atoms with van der Waals surface area (Å²) in [5.41, 5.74) is 3.04. The lowest BCUT2D eigenvalue weighted by Gasteiger charge is -2.05. The maximum absolute atomic E-state index is 11.5. The highest BCUT2D eigenvalue weighted by molar-refractivity contribution is 5.74. The molecule has 0 spiro atoms. The van der Waals surface area contributed by atoms with Gasteiger partial charge in [0.05, 0.1) is 12.8 Å². The van der Waals surface area contributed by atoms with E-state index in [9.17, 15) is 9.59 Å². The largest absolute Gasteiger partial charge is 0.481 e. The van der Waals surface area contributed by atoms with E-state index in [4.69, 9.17) is 9.84 Å². The monoisotopic (exact) mass is 284 g/mol. The molecule has 0 amide bonds. The minimum atomic E-state index is -0.977. The van der Waals surface area contributed by atoms with Gasteiger partial charge in [-0.1, -0.05) is 54.6 Å². The van der Waals surface area contributed by atoms with Crippen LogP contribution in [0.1, 0.15) is 12.0 Å². The van der Waals surface area contributed by atoms with Crippen LogP contribution in [0.25, 0.3) is 11.1 Å². The Labute approximate surface area is 123 Å². The van der Waals surface area contributed by atoms with Crippen molar-refractivity contribution in [2.45, 2.75) is 12.8 Å². The number of aliphatic carboxylic acids is 1. The molecule has 0 aliphatic carbocycles. The van der Waals surface area contributed by atoms with E-state index in [1.807, 2.05) is 54.6 Å². The van der Waals surface area contributed by atoms with E-state index < -0.39 is 11.9 Å². The molecule has 0 saturated carbocycles. The van der Waals surface area contributed by atoms with Gasteiger partial charge in [0.15, 0.2) is 0 Å². The van der Waals surface area contributed by atoms with E-state index in [-0.39, 0.29) is 19.4 Å². The van der Waals surface area contributed by atoms with Crippen LogP contribution < -0.4 is 0 Å². The van der Waals surface area contributed by atoms with Gasteiger partial charge in [-0.2, -0.15) is 0 Å². The molecule has 2 aromatic rings. The maximum Gasteiger partial charge on any atom is 0.310 e. The van der Waals surface area contributed by atoms with Gasteiger partial charge in [0.1, 0.15) is 6.61 Å². The molecule has 4 nitrogen and oxygen atoms in total. The number of benzene rings is 2. The number of esters is 1. The van der Waals surface area contributed by atoms with Crippen molar-refractivity contribution in [1.82, 2.24) is 0 Å². The molecule has 0 fully saturated rings. The Morgan fingerprint density at radius 2 is 1.52 bits per heavy atom. The SMILES string of the molecule is O=C(O)CCOC(=O)Cc1ccc(-c2ccccc2)cc1. The zero-order valence-electron chi connectivity index (χ0n) is 11.5. The van der Waals surface area contributed by atoms with Crippen molar-refractivity contribution in [3.63, 3.8) is 0 Å². The minimum absolute atomic E-state index is 0.0870. The first-order valence-electron chi connectivity index (χ1n) is 6.67. The molecule has 0 heterocycles. The topological polar surface area (TPSA) is 63.6 Å². The van der Waals surface area contributed by atoms with Crippen LogP contribution in [0.5, 0.6) is 0 Å². The Kier molecular flexibility index (Phi) is 5.10. The fraction of sp³-hybridized carbons (Fsp3) is 0.176. The number of hydrogen-bond donors (Lipinski definition) is 1. The fourth-order valence-electron chi connectivity index (χ4n) is 1.92. The molecule has 0 aromatic heterocycles. The second kappa shape index (κ2) is 7.24. The predicted molar refractivity (Wildman–Crippen MR) is 78.8 cm³/mol. The molecule has 2 aromatic carbocycles. The number of carbonyl (C=O) groups excluding carboxylic acids is 1. The second-order valence-electron chi connectivity index (χ2n) is 4.60. The molecule has 21 heavy (non-hydrogen) atoms. The van der Waals surface area contributed by atoms with E-state index in [1.165, 1.54) is 0 Å². The summed E-state index contributed by atoms with van der Waals surface area (Å²) in [6.07, 6.45) is -0.0205. The summed E-state index contributed by atoms with van der Waals surface area (Å²) < 4.78 is 4.85. The summed E-state index contributed by atoms with van der Waals surface area (Å²) in [5, 5.41) is 8.46. The third-order valence-electron chi connectivity index (χ3n) is 2.99. The fourth-order valence-corrected chi connectivity index (χ4v) is 1.92. The van der Waals surface area contributed by atoms with Crippen LogP contribution in [-0.4, -0.2) is 23.7 Å². The summed E-state index contributed by atoms with van der Waals surface area (Å²) in [6.45, 7) is -0.0870. The number of rotatable bonds is 6. The number of carboxylic acids is 1. The van der Waals surface area contributed by atoms with E-state index in [0.29, 0.717) is 0 Å². The van der Waals surface area contributed by atoms with Gasteiger partial charge in [0, 0.05) is 0 Å². The third kappa shape index (κ3) is 4.76. The summed E-state index contributed by atoms with van der Waals surface area (Å²) >= 11 is 0. The molecule has 0 saturated heterocycles. The molecular formula is C17H16O4. The van der Waals surface area contributed by atoms with Crippen LogP contribution in [0.4, 0.5) is 0 Å². The summed E-state index contributed by atoms with van der Waals surface area (Å²) in [7, 11) is 0. The van der Waals surface area contributed by atoms with Crippen LogP contribution in [0.2, 0.25) is 0 Å². The van der Waals surface area contributed by atoms with Gasteiger partial charge in [-0.15, -0.1) is 0 Å². The summed E-state index contributed by atoms with van der Waals surface area (Å²) in [5.74, 6) is -1.39. The number of carboxylic acid groups (broad SMARTS) is 1. The van der Waals surface area contributed by atoms with E-state index in [0.717, 1.165) is 16.7 Å². The normalized spacial score (nSPS) is 10.1. The molecule has 0 aliphatic heterocycles. The van der Waals surface area contributed by atoms with Crippen LogP contribution >= 0.6 is 0 Å². The van der Waals surface area contributed by atoms with Crippen molar-refractivity contribution in [1.29, 1.82) is 0 Å². The highest BCUT2D eigenvalue weighted by Crippen LogP contribution is 2.19. The molecule has 108 valence electrons. The van der Waals surface area contributed by atoms with E-state index in [1.54, 1.807) is 0 Å². The molecule has 2 rings (SSSR count). The zero-order chi connectivity index (χ0) is 15.1. The lowest BCUT2D eigenvalue weighted by molar-refractivity contribution is -0.145. The Balaban J connectivity index is 1.91. The van der Waals surface area contributed by atoms with Crippen molar-refractivity contribution < 1.29 is 19.4 Å². The van der Waals surface area contributed by atoms with E-state index >= 15 is 0 Å². The van der Waals surface area contributed by atoms with E-state index in [2.05, 4.69) is 0 Å². The number of hydrogen-bond acceptors (Lipinski definition) is 3. The van der Waals surface area contributed by atoms with Crippen LogP contribution in [0.15, 0.2) is 54.6 Å². The van der Waals surface area contributed by atoms with Gasteiger partial charge >= 0.3 is 11.9 Å². The summed E-state index contributed by atoms with van der Waals surface area (Å²) in [4.78, 5) is 21.9. The molecule has 0 bridgehead atoms. The molecule has 0 radical (unpaired) electrons. The van der Waals surface area contributed by atoms with Gasteiger partial charge in [-0.3, -0.25) is 9.59 Å². The molecule has 1 N–H and O–H groups in total. The van der Waals surface area contributed by atoms with Gasteiger partial charge in [-0.05, 0) is 16.7 Å². The first kappa shape index (κ1) is 14.8. The van der Waals surface area contributed by atoms with Gasteiger partial charge in [0.25, 0.3) is 0 Å². The Bertz CT molecular complexity index is 602. The molecule has 0 unspecified atom stereocenters. The van der Waals surface area contributed by atoms with Crippen LogP contribution in [0, 0.1) is 0 Å². The highest BCUT2D eigenvalue weighted by Gasteiger charge is 2.06. The average Bonchev–Trinajstić information content (AvgIpc) is 2.48. The second-order valence-corrected chi connectivity index (χ2v) is 4.60. The Morgan fingerprint density at radius 3 is 2.14 bits per heavy atom. The molecule has 0 aliphatic rings. The third-order valence-corrected chi connectivity index (χ3v) is 2.99. The van der Waals surface area contributed by atoms with Gasteiger partial charge < -0.3 is 9.84 Å². The standard InChI is InChI=1S/C17H16O4/c18-16(19)10-11-21-17(20)12-13-6-8-15(9-7-13)14-4-2-1-3-5-14/h1-9H,10-12H2,(H,18,19). The lowest BCUT2D eigenvalue weighted by atomic mass is 10.0. The quantitative estimate of drug-likeness (QED) is 0.828.